The van der Waals surface area contributed by atoms with Crippen LogP contribution in [0, 0.1) is 13.8 Å². The molecule has 0 aliphatic heterocycles. The van der Waals surface area contributed by atoms with Gasteiger partial charge >= 0.3 is 0 Å². The Hall–Kier alpha value is -0.740. The minimum Gasteiger partial charge on any atom is -0.377 e. The lowest BCUT2D eigenvalue weighted by molar-refractivity contribution is 0.790. The Bertz CT molecular complexity index is 636. The van der Waals surface area contributed by atoms with Gasteiger partial charge < -0.3 is 11.1 Å². The van der Waals surface area contributed by atoms with E-state index in [4.69, 9.17) is 28.9 Å². The van der Waals surface area contributed by atoms with Crippen LogP contribution in [-0.2, 0) is 0 Å². The van der Waals surface area contributed by atoms with Gasteiger partial charge in [-0.05, 0) is 54.8 Å². The van der Waals surface area contributed by atoms with Crippen LogP contribution in [0.3, 0.4) is 0 Å². The molecule has 0 radical (unpaired) electrons. The van der Waals surface area contributed by atoms with Crippen molar-refractivity contribution in [2.75, 3.05) is 11.9 Å². The van der Waals surface area contributed by atoms with Crippen LogP contribution in [0.15, 0.2) is 34.8 Å². The molecule has 3 N–H and O–H groups in total. The summed E-state index contributed by atoms with van der Waals surface area (Å²) < 4.78 is 1.13. The first kappa shape index (κ1) is 16.6. The quantitative estimate of drug-likeness (QED) is 0.728. The average Bonchev–Trinajstić information content (AvgIpc) is 2.42. The Labute approximate surface area is 143 Å². The van der Waals surface area contributed by atoms with Crippen LogP contribution in [0.25, 0.3) is 0 Å². The highest BCUT2D eigenvalue weighted by molar-refractivity contribution is 9.10. The zero-order valence-electron chi connectivity index (χ0n) is 11.9. The van der Waals surface area contributed by atoms with E-state index in [1.165, 1.54) is 11.1 Å². The van der Waals surface area contributed by atoms with Crippen molar-refractivity contribution >= 4 is 44.8 Å². The lowest BCUT2D eigenvalue weighted by atomic mass is 10.1. The van der Waals surface area contributed by atoms with Gasteiger partial charge in [0.25, 0.3) is 0 Å². The lowest BCUT2D eigenvalue weighted by Crippen LogP contribution is -2.21. The van der Waals surface area contributed by atoms with Crippen LogP contribution in [-0.4, -0.2) is 6.54 Å². The molecule has 0 saturated carbocycles. The van der Waals surface area contributed by atoms with Gasteiger partial charge in [-0.25, -0.2) is 0 Å². The number of nitrogens with two attached hydrogens (primary N) is 1. The monoisotopic (exact) mass is 386 g/mol. The third-order valence-corrected chi connectivity index (χ3v) is 5.16. The molecule has 2 rings (SSSR count). The van der Waals surface area contributed by atoms with Gasteiger partial charge in [0.1, 0.15) is 0 Å². The first-order valence-electron chi connectivity index (χ1n) is 6.60. The Morgan fingerprint density at radius 2 is 1.76 bits per heavy atom. The third kappa shape index (κ3) is 3.92. The number of benzene rings is 2. The van der Waals surface area contributed by atoms with Crippen molar-refractivity contribution in [2.24, 2.45) is 5.73 Å². The molecule has 0 bridgehead atoms. The molecule has 1 atom stereocenters. The number of anilines is 1. The predicted octanol–water partition coefficient (Wildman–Crippen LogP) is 5.48. The van der Waals surface area contributed by atoms with Gasteiger partial charge in [-0.2, -0.15) is 0 Å². The van der Waals surface area contributed by atoms with Crippen LogP contribution < -0.4 is 11.1 Å². The van der Waals surface area contributed by atoms with Crippen molar-refractivity contribution in [3.8, 4) is 0 Å². The Kier molecular flexibility index (Phi) is 5.55. The van der Waals surface area contributed by atoms with E-state index in [2.05, 4.69) is 47.2 Å². The molecule has 0 saturated heterocycles. The van der Waals surface area contributed by atoms with Crippen LogP contribution in [0.2, 0.25) is 10.0 Å². The maximum Gasteiger partial charge on any atom is 0.0650 e. The molecule has 0 spiro atoms. The van der Waals surface area contributed by atoms with Crippen molar-refractivity contribution in [3.63, 3.8) is 0 Å². The summed E-state index contributed by atoms with van der Waals surface area (Å²) in [6.45, 7) is 4.57. The molecule has 1 unspecified atom stereocenters. The average molecular weight is 388 g/mol. The molecular weight excluding hydrogens is 371 g/mol. The second kappa shape index (κ2) is 7.01. The van der Waals surface area contributed by atoms with Crippen LogP contribution in [0.1, 0.15) is 22.7 Å². The summed E-state index contributed by atoms with van der Waals surface area (Å²) in [4.78, 5) is 0. The first-order chi connectivity index (χ1) is 9.92. The molecule has 0 aliphatic rings. The molecule has 2 aromatic rings. The summed E-state index contributed by atoms with van der Waals surface area (Å²) in [5, 5.41) is 4.68. The van der Waals surface area contributed by atoms with Gasteiger partial charge in [-0.3, -0.25) is 0 Å². The highest BCUT2D eigenvalue weighted by Gasteiger charge is 2.14. The summed E-state index contributed by atoms with van der Waals surface area (Å²) in [5.41, 5.74) is 10.2. The fraction of sp³-hybridized carbons (Fsp3) is 0.250. The molecule has 0 fully saturated rings. The molecular formula is C16H17BrCl2N2. The van der Waals surface area contributed by atoms with Gasteiger partial charge in [0.2, 0.25) is 0 Å². The van der Waals surface area contributed by atoms with E-state index in [-0.39, 0.29) is 6.04 Å². The van der Waals surface area contributed by atoms with E-state index in [9.17, 15) is 0 Å². The number of halogens is 3. The molecule has 0 amide bonds. The molecule has 2 nitrogen and oxygen atoms in total. The number of aryl methyl sites for hydroxylation is 2. The molecule has 2 aromatic carbocycles. The van der Waals surface area contributed by atoms with Crippen molar-refractivity contribution in [1.29, 1.82) is 0 Å². The van der Waals surface area contributed by atoms with Gasteiger partial charge in [0, 0.05) is 26.8 Å². The molecule has 0 heterocycles. The maximum absolute atomic E-state index is 6.27. The number of hydrogen-bond acceptors (Lipinski definition) is 2. The van der Waals surface area contributed by atoms with Gasteiger partial charge in [-0.1, -0.05) is 45.2 Å². The largest absolute Gasteiger partial charge is 0.377 e. The topological polar surface area (TPSA) is 38.0 Å². The highest BCUT2D eigenvalue weighted by atomic mass is 79.9. The number of nitrogens with one attached hydrogen (secondary N) is 1. The second-order valence-corrected chi connectivity index (χ2v) is 6.66. The predicted molar refractivity (Wildman–Crippen MR) is 95.5 cm³/mol. The standard InChI is InChI=1S/C16H17BrCl2N2/c1-9-5-12(6-10(2)16(9)17)21-15(8-20)13-4-3-11(18)7-14(13)19/h3-7,15,21H,8,20H2,1-2H3. The summed E-state index contributed by atoms with van der Waals surface area (Å²) in [5.74, 6) is 0. The van der Waals surface area contributed by atoms with E-state index < -0.39 is 0 Å². The van der Waals surface area contributed by atoms with Gasteiger partial charge in [-0.15, -0.1) is 0 Å². The second-order valence-electron chi connectivity index (χ2n) is 5.02. The van der Waals surface area contributed by atoms with E-state index in [0.29, 0.717) is 16.6 Å². The van der Waals surface area contributed by atoms with E-state index in [1.807, 2.05) is 12.1 Å². The zero-order valence-corrected chi connectivity index (χ0v) is 15.0. The SMILES string of the molecule is Cc1cc(NC(CN)c2ccc(Cl)cc2Cl)cc(C)c1Br. The van der Waals surface area contributed by atoms with E-state index in [0.717, 1.165) is 15.7 Å². The van der Waals surface area contributed by atoms with Gasteiger partial charge in [0.15, 0.2) is 0 Å². The van der Waals surface area contributed by atoms with Crippen LogP contribution >= 0.6 is 39.1 Å². The first-order valence-corrected chi connectivity index (χ1v) is 8.15. The molecule has 5 heteroatoms. The number of rotatable bonds is 4. The Balaban J connectivity index is 2.31. The Morgan fingerprint density at radius 1 is 1.14 bits per heavy atom. The van der Waals surface area contributed by atoms with E-state index >= 15 is 0 Å². The minimum atomic E-state index is -0.0604. The third-order valence-electron chi connectivity index (χ3n) is 3.35. The molecule has 0 aliphatic carbocycles. The normalized spacial score (nSPS) is 12.3. The summed E-state index contributed by atoms with van der Waals surface area (Å²) >= 11 is 15.8. The van der Waals surface area contributed by atoms with Crippen molar-refractivity contribution in [1.82, 2.24) is 0 Å². The zero-order chi connectivity index (χ0) is 15.6. The molecule has 0 aromatic heterocycles. The lowest BCUT2D eigenvalue weighted by Gasteiger charge is -2.21. The highest BCUT2D eigenvalue weighted by Crippen LogP contribution is 2.30. The summed E-state index contributed by atoms with van der Waals surface area (Å²) in [7, 11) is 0. The summed E-state index contributed by atoms with van der Waals surface area (Å²) in [6, 6.07) is 9.59. The van der Waals surface area contributed by atoms with Crippen molar-refractivity contribution in [3.05, 3.63) is 61.5 Å². The van der Waals surface area contributed by atoms with Crippen LogP contribution in [0.5, 0.6) is 0 Å². The Morgan fingerprint density at radius 3 is 2.29 bits per heavy atom. The smallest absolute Gasteiger partial charge is 0.0650 e. The molecule has 112 valence electrons. The van der Waals surface area contributed by atoms with E-state index in [1.54, 1.807) is 6.07 Å². The van der Waals surface area contributed by atoms with Gasteiger partial charge in [0.05, 0.1) is 6.04 Å². The van der Waals surface area contributed by atoms with Crippen molar-refractivity contribution in [2.45, 2.75) is 19.9 Å². The molecule has 21 heavy (non-hydrogen) atoms. The maximum atomic E-state index is 6.27. The van der Waals surface area contributed by atoms with Crippen LogP contribution in [0.4, 0.5) is 5.69 Å². The fourth-order valence-electron chi connectivity index (χ4n) is 2.28. The summed E-state index contributed by atoms with van der Waals surface area (Å²) in [6.07, 6.45) is 0. The number of hydrogen-bond donors (Lipinski definition) is 2. The minimum absolute atomic E-state index is 0.0604. The van der Waals surface area contributed by atoms with Crippen molar-refractivity contribution < 1.29 is 0 Å². The fourth-order valence-corrected chi connectivity index (χ4v) is 3.05.